The van der Waals surface area contributed by atoms with E-state index in [1.54, 1.807) is 0 Å². The van der Waals surface area contributed by atoms with Crippen molar-refractivity contribution in [2.24, 2.45) is 5.92 Å². The van der Waals surface area contributed by atoms with Gasteiger partial charge in [-0.05, 0) is 31.4 Å². The second-order valence-electron chi connectivity index (χ2n) is 5.54. The monoisotopic (exact) mass is 274 g/mol. The van der Waals surface area contributed by atoms with Gasteiger partial charge in [0.2, 0.25) is 0 Å². The van der Waals surface area contributed by atoms with Crippen LogP contribution in [-0.2, 0) is 13.1 Å². The lowest BCUT2D eigenvalue weighted by molar-refractivity contribution is 0.388. The van der Waals surface area contributed by atoms with Gasteiger partial charge in [0.05, 0.1) is 11.0 Å². The van der Waals surface area contributed by atoms with Gasteiger partial charge >= 0.3 is 5.69 Å². The molecule has 1 aromatic carbocycles. The third-order valence-corrected chi connectivity index (χ3v) is 4.23. The summed E-state index contributed by atoms with van der Waals surface area (Å²) >= 11 is 0. The number of para-hydroxylation sites is 2. The van der Waals surface area contributed by atoms with Crippen molar-refractivity contribution in [1.82, 2.24) is 9.13 Å². The minimum absolute atomic E-state index is 0.142. The molecule has 0 saturated carbocycles. The Morgan fingerprint density at radius 1 is 1.05 bits per heavy atom. The van der Waals surface area contributed by atoms with E-state index >= 15 is 0 Å². The van der Waals surface area contributed by atoms with Gasteiger partial charge in [-0.25, -0.2) is 4.79 Å². The van der Waals surface area contributed by atoms with Gasteiger partial charge in [-0.15, -0.1) is 0 Å². The molecular weight excluding hydrogens is 248 g/mol. The first-order valence-corrected chi connectivity index (χ1v) is 7.90. The summed E-state index contributed by atoms with van der Waals surface area (Å²) in [4.78, 5) is 12.6. The van der Waals surface area contributed by atoms with E-state index in [4.69, 9.17) is 0 Å². The van der Waals surface area contributed by atoms with Gasteiger partial charge in [0.15, 0.2) is 0 Å². The summed E-state index contributed by atoms with van der Waals surface area (Å²) in [6, 6.07) is 8.14. The summed E-state index contributed by atoms with van der Waals surface area (Å²) in [6.45, 7) is 8.07. The minimum atomic E-state index is 0.142. The maximum atomic E-state index is 12.6. The third kappa shape index (κ3) is 2.82. The molecular formula is C17H26N2O. The van der Waals surface area contributed by atoms with Crippen molar-refractivity contribution < 1.29 is 0 Å². The summed E-state index contributed by atoms with van der Waals surface area (Å²) in [6.07, 6.45) is 4.82. The van der Waals surface area contributed by atoms with Gasteiger partial charge in [0.1, 0.15) is 0 Å². The number of aromatic nitrogens is 2. The second-order valence-corrected chi connectivity index (χ2v) is 5.54. The average molecular weight is 274 g/mol. The number of rotatable bonds is 7. The number of aryl methyl sites for hydroxylation is 1. The van der Waals surface area contributed by atoms with Crippen molar-refractivity contribution in [2.75, 3.05) is 0 Å². The Morgan fingerprint density at radius 2 is 1.70 bits per heavy atom. The molecule has 0 saturated heterocycles. The molecule has 0 spiro atoms. The first kappa shape index (κ1) is 14.9. The standard InChI is InChI=1S/C17H26N2O/c1-4-7-10-14(5-2)13-19-16-12-9-8-11-15(16)18(6-3)17(19)20/h8-9,11-12,14H,4-7,10,13H2,1-3H3. The van der Waals surface area contributed by atoms with Crippen molar-refractivity contribution in [3.8, 4) is 0 Å². The van der Waals surface area contributed by atoms with Crippen LogP contribution in [0.4, 0.5) is 0 Å². The molecule has 0 aliphatic carbocycles. The molecule has 2 aromatic rings. The summed E-state index contributed by atoms with van der Waals surface area (Å²) in [5.74, 6) is 0.601. The number of hydrogen-bond donors (Lipinski definition) is 0. The second kappa shape index (κ2) is 6.78. The van der Waals surface area contributed by atoms with Crippen LogP contribution >= 0.6 is 0 Å². The molecule has 0 amide bonds. The number of fused-ring (bicyclic) bond motifs is 1. The molecule has 1 unspecified atom stereocenters. The Kier molecular flexibility index (Phi) is 5.05. The number of benzene rings is 1. The van der Waals surface area contributed by atoms with E-state index in [1.165, 1.54) is 19.3 Å². The topological polar surface area (TPSA) is 26.9 Å². The van der Waals surface area contributed by atoms with Crippen LogP contribution < -0.4 is 5.69 Å². The zero-order chi connectivity index (χ0) is 14.5. The number of unbranched alkanes of at least 4 members (excludes halogenated alkanes) is 1. The zero-order valence-electron chi connectivity index (χ0n) is 12.9. The van der Waals surface area contributed by atoms with Crippen molar-refractivity contribution in [3.63, 3.8) is 0 Å². The molecule has 110 valence electrons. The van der Waals surface area contributed by atoms with Crippen molar-refractivity contribution in [2.45, 2.75) is 59.5 Å². The van der Waals surface area contributed by atoms with Crippen LogP contribution in [0, 0.1) is 5.92 Å². The summed E-state index contributed by atoms with van der Waals surface area (Å²) in [5, 5.41) is 0. The lowest BCUT2D eigenvalue weighted by Crippen LogP contribution is -2.26. The van der Waals surface area contributed by atoms with Crippen LogP contribution in [0.3, 0.4) is 0 Å². The maximum absolute atomic E-state index is 12.6. The summed E-state index contributed by atoms with van der Waals surface area (Å²) in [5.41, 5.74) is 2.28. The molecule has 0 N–H and O–H groups in total. The van der Waals surface area contributed by atoms with Crippen LogP contribution in [0.5, 0.6) is 0 Å². The lowest BCUT2D eigenvalue weighted by atomic mass is 9.99. The van der Waals surface area contributed by atoms with Gasteiger partial charge in [-0.2, -0.15) is 0 Å². The number of hydrogen-bond acceptors (Lipinski definition) is 1. The van der Waals surface area contributed by atoms with Gasteiger partial charge < -0.3 is 0 Å². The highest BCUT2D eigenvalue weighted by Crippen LogP contribution is 2.18. The number of imidazole rings is 1. The zero-order valence-corrected chi connectivity index (χ0v) is 12.9. The number of nitrogens with zero attached hydrogens (tertiary/aromatic N) is 2. The van der Waals surface area contributed by atoms with Crippen LogP contribution in [0.15, 0.2) is 29.1 Å². The molecule has 0 fully saturated rings. The van der Waals surface area contributed by atoms with Gasteiger partial charge in [-0.1, -0.05) is 45.2 Å². The molecule has 3 heteroatoms. The highest BCUT2D eigenvalue weighted by molar-refractivity contribution is 5.75. The molecule has 1 atom stereocenters. The van der Waals surface area contributed by atoms with E-state index < -0.39 is 0 Å². The molecule has 0 aliphatic rings. The van der Waals surface area contributed by atoms with Gasteiger partial charge in [0.25, 0.3) is 0 Å². The van der Waals surface area contributed by atoms with Crippen LogP contribution in [0.2, 0.25) is 0 Å². The average Bonchev–Trinajstić information content (AvgIpc) is 2.75. The SMILES string of the molecule is CCCCC(CC)Cn1c(=O)n(CC)c2ccccc21. The Bertz CT molecular complexity index is 609. The van der Waals surface area contributed by atoms with E-state index in [0.29, 0.717) is 5.92 Å². The maximum Gasteiger partial charge on any atom is 0.329 e. The lowest BCUT2D eigenvalue weighted by Gasteiger charge is -2.15. The molecule has 20 heavy (non-hydrogen) atoms. The normalized spacial score (nSPS) is 12.9. The molecule has 0 bridgehead atoms. The Hall–Kier alpha value is -1.51. The fourth-order valence-electron chi connectivity index (χ4n) is 2.93. The van der Waals surface area contributed by atoms with Crippen LogP contribution in [-0.4, -0.2) is 9.13 Å². The molecule has 2 rings (SSSR count). The Balaban J connectivity index is 2.38. The van der Waals surface area contributed by atoms with Crippen LogP contribution in [0.1, 0.15) is 46.5 Å². The predicted molar refractivity (Wildman–Crippen MR) is 85.2 cm³/mol. The largest absolute Gasteiger partial charge is 0.329 e. The summed E-state index contributed by atoms with van der Waals surface area (Å²) < 4.78 is 3.85. The highest BCUT2D eigenvalue weighted by atomic mass is 16.1. The summed E-state index contributed by atoms with van der Waals surface area (Å²) in [7, 11) is 0. The van der Waals surface area contributed by atoms with Gasteiger partial charge in [-0.3, -0.25) is 9.13 Å². The van der Waals surface area contributed by atoms with Gasteiger partial charge in [0, 0.05) is 13.1 Å². The smallest absolute Gasteiger partial charge is 0.292 e. The quantitative estimate of drug-likeness (QED) is 0.748. The minimum Gasteiger partial charge on any atom is -0.292 e. The van der Waals surface area contributed by atoms with Crippen LogP contribution in [0.25, 0.3) is 11.0 Å². The first-order chi connectivity index (χ1) is 9.72. The van der Waals surface area contributed by atoms with E-state index in [1.807, 2.05) is 34.3 Å². The fraction of sp³-hybridized carbons (Fsp3) is 0.588. The van der Waals surface area contributed by atoms with E-state index in [0.717, 1.165) is 30.5 Å². The Morgan fingerprint density at radius 3 is 2.25 bits per heavy atom. The highest BCUT2D eigenvalue weighted by Gasteiger charge is 2.15. The molecule has 1 aromatic heterocycles. The predicted octanol–water partition coefficient (Wildman–Crippen LogP) is 4.04. The first-order valence-electron chi connectivity index (χ1n) is 7.90. The van der Waals surface area contributed by atoms with E-state index in [2.05, 4.69) is 19.9 Å². The molecule has 0 aliphatic heterocycles. The molecule has 0 radical (unpaired) electrons. The molecule has 1 heterocycles. The third-order valence-electron chi connectivity index (χ3n) is 4.23. The van der Waals surface area contributed by atoms with Crippen molar-refractivity contribution in [3.05, 3.63) is 34.7 Å². The van der Waals surface area contributed by atoms with E-state index in [9.17, 15) is 4.79 Å². The molecule has 3 nitrogen and oxygen atoms in total. The Labute approximate surface area is 121 Å². The van der Waals surface area contributed by atoms with Crippen molar-refractivity contribution in [1.29, 1.82) is 0 Å². The van der Waals surface area contributed by atoms with E-state index in [-0.39, 0.29) is 5.69 Å². The fourth-order valence-corrected chi connectivity index (χ4v) is 2.93. The van der Waals surface area contributed by atoms with Crippen molar-refractivity contribution >= 4 is 11.0 Å².